The van der Waals surface area contributed by atoms with Crippen molar-refractivity contribution in [3.63, 3.8) is 0 Å². The van der Waals surface area contributed by atoms with Crippen LogP contribution >= 0.6 is 7.82 Å². The molecule has 0 aromatic carbocycles. The van der Waals surface area contributed by atoms with Crippen LogP contribution in [0.15, 0.2) is 24.3 Å². The van der Waals surface area contributed by atoms with Crippen LogP contribution in [0.2, 0.25) is 0 Å². The van der Waals surface area contributed by atoms with Gasteiger partial charge in [-0.05, 0) is 44.9 Å². The summed E-state index contributed by atoms with van der Waals surface area (Å²) >= 11 is 0. The highest BCUT2D eigenvalue weighted by atomic mass is 31.2. The van der Waals surface area contributed by atoms with E-state index in [-0.39, 0.29) is 19.4 Å². The number of hydrogen-bond donors (Lipinski definition) is 3. The number of carbonyl (C=O) groups is 2. The molecule has 3 unspecified atom stereocenters. The normalized spacial score (nSPS) is 14.3. The topological polar surface area (TPSA) is 149 Å². The number of aliphatic hydroxyl groups is 2. The van der Waals surface area contributed by atoms with Gasteiger partial charge in [-0.2, -0.15) is 0 Å². The summed E-state index contributed by atoms with van der Waals surface area (Å²) in [6, 6.07) is 0. The summed E-state index contributed by atoms with van der Waals surface area (Å²) in [4.78, 5) is 34.8. The van der Waals surface area contributed by atoms with Crippen LogP contribution in [-0.4, -0.2) is 65.7 Å². The minimum absolute atomic E-state index is 0.170. The highest BCUT2D eigenvalue weighted by molar-refractivity contribution is 7.47. The van der Waals surface area contributed by atoms with Gasteiger partial charge >= 0.3 is 19.8 Å². The van der Waals surface area contributed by atoms with Crippen LogP contribution < -0.4 is 0 Å². The third-order valence-electron chi connectivity index (χ3n) is 8.11. The Hall–Kier alpha value is -1.55. The summed E-state index contributed by atoms with van der Waals surface area (Å²) in [7, 11) is -4.61. The van der Waals surface area contributed by atoms with Crippen LogP contribution in [0.1, 0.15) is 168 Å². The molecule has 0 rings (SSSR count). The molecule has 0 saturated carbocycles. The standard InChI is InChI=1S/C38H71O10P/c1-3-5-7-9-11-13-15-16-17-18-19-20-22-24-26-28-30-38(42)48-36(34-47-49(43,44)46-32-35(40)31-39)33-45-37(41)29-27-25-23-21-14-12-10-8-6-4-2/h13,15,17-18,35-36,39-40H,3-12,14,16,19-34H2,1-2H3,(H,43,44)/b15-13-,18-17-. The summed E-state index contributed by atoms with van der Waals surface area (Å²) < 4.78 is 32.5. The zero-order chi connectivity index (χ0) is 36.3. The van der Waals surface area contributed by atoms with Gasteiger partial charge in [-0.15, -0.1) is 0 Å². The van der Waals surface area contributed by atoms with Crippen LogP contribution in [0.5, 0.6) is 0 Å². The van der Waals surface area contributed by atoms with E-state index in [1.54, 1.807) is 0 Å². The number of phosphoric ester groups is 1. The number of ether oxygens (including phenoxy) is 2. The van der Waals surface area contributed by atoms with E-state index in [0.29, 0.717) is 12.8 Å². The van der Waals surface area contributed by atoms with Crippen molar-refractivity contribution in [1.29, 1.82) is 0 Å². The fraction of sp³-hybridized carbons (Fsp3) is 0.842. The first-order valence-electron chi connectivity index (χ1n) is 19.3. The molecule has 0 aliphatic rings. The third kappa shape index (κ3) is 34.7. The van der Waals surface area contributed by atoms with Gasteiger partial charge in [-0.1, -0.05) is 134 Å². The zero-order valence-electron chi connectivity index (χ0n) is 30.9. The van der Waals surface area contributed by atoms with Crippen molar-refractivity contribution in [3.05, 3.63) is 24.3 Å². The van der Waals surface area contributed by atoms with Crippen LogP contribution in [-0.2, 0) is 32.7 Å². The zero-order valence-corrected chi connectivity index (χ0v) is 31.8. The molecule has 0 aromatic rings. The molecule has 49 heavy (non-hydrogen) atoms. The number of phosphoric acid groups is 1. The SMILES string of the molecule is CCCCCC/C=C\C/C=C\CCCCCCCC(=O)OC(COC(=O)CCCCCCCCCCCC)COP(=O)(O)OCC(O)CO. The first-order chi connectivity index (χ1) is 23.7. The molecule has 0 aromatic heterocycles. The molecule has 0 fully saturated rings. The maximum atomic E-state index is 12.5. The Balaban J connectivity index is 4.37. The van der Waals surface area contributed by atoms with Crippen LogP contribution in [0, 0.1) is 0 Å². The summed E-state index contributed by atoms with van der Waals surface area (Å²) in [5.74, 6) is -0.940. The minimum Gasteiger partial charge on any atom is -0.462 e. The van der Waals surface area contributed by atoms with Crippen molar-refractivity contribution < 1.29 is 47.8 Å². The van der Waals surface area contributed by atoms with E-state index < -0.39 is 51.8 Å². The Bertz CT molecular complexity index is 879. The molecule has 0 amide bonds. The van der Waals surface area contributed by atoms with E-state index in [9.17, 15) is 24.2 Å². The maximum Gasteiger partial charge on any atom is 0.472 e. The van der Waals surface area contributed by atoms with Crippen molar-refractivity contribution in [2.24, 2.45) is 0 Å². The highest BCUT2D eigenvalue weighted by Gasteiger charge is 2.27. The number of unbranched alkanes of at least 4 members (excludes halogenated alkanes) is 18. The second-order valence-electron chi connectivity index (χ2n) is 13.0. The molecule has 0 bridgehead atoms. The Morgan fingerprint density at radius 2 is 1.06 bits per heavy atom. The summed E-state index contributed by atoms with van der Waals surface area (Å²) in [5.41, 5.74) is 0. The van der Waals surface area contributed by atoms with E-state index in [4.69, 9.17) is 19.1 Å². The fourth-order valence-electron chi connectivity index (χ4n) is 5.08. The number of aliphatic hydroxyl groups excluding tert-OH is 2. The Kier molecular flexibility index (Phi) is 33.8. The van der Waals surface area contributed by atoms with Crippen LogP contribution in [0.3, 0.4) is 0 Å². The summed E-state index contributed by atoms with van der Waals surface area (Å²) in [6.45, 7) is 2.32. The van der Waals surface area contributed by atoms with Crippen LogP contribution in [0.25, 0.3) is 0 Å². The Morgan fingerprint density at radius 1 is 0.612 bits per heavy atom. The quantitative estimate of drug-likeness (QED) is 0.0248. The molecule has 3 atom stereocenters. The molecular weight excluding hydrogens is 647 g/mol. The minimum atomic E-state index is -4.61. The molecule has 0 aliphatic carbocycles. The van der Waals surface area contributed by atoms with Gasteiger partial charge in [0.1, 0.15) is 12.7 Å². The lowest BCUT2D eigenvalue weighted by Crippen LogP contribution is -2.29. The van der Waals surface area contributed by atoms with Crippen molar-refractivity contribution in [1.82, 2.24) is 0 Å². The van der Waals surface area contributed by atoms with Crippen molar-refractivity contribution in [2.75, 3.05) is 26.4 Å². The summed E-state index contributed by atoms with van der Waals surface area (Å²) in [5, 5.41) is 18.3. The second-order valence-corrected chi connectivity index (χ2v) is 14.4. The molecular formula is C38H71O10P. The second kappa shape index (κ2) is 34.9. The lowest BCUT2D eigenvalue weighted by Gasteiger charge is -2.20. The van der Waals surface area contributed by atoms with Gasteiger partial charge in [-0.25, -0.2) is 4.57 Å². The average molecular weight is 719 g/mol. The first-order valence-corrected chi connectivity index (χ1v) is 20.8. The Morgan fingerprint density at radius 3 is 1.59 bits per heavy atom. The van der Waals surface area contributed by atoms with Crippen molar-refractivity contribution >= 4 is 19.8 Å². The predicted molar refractivity (Wildman–Crippen MR) is 196 cm³/mol. The van der Waals surface area contributed by atoms with E-state index in [1.165, 1.54) is 70.6 Å². The molecule has 0 spiro atoms. The molecule has 11 heteroatoms. The lowest BCUT2D eigenvalue weighted by molar-refractivity contribution is -0.161. The monoisotopic (exact) mass is 718 g/mol. The van der Waals surface area contributed by atoms with Crippen molar-refractivity contribution in [3.8, 4) is 0 Å². The van der Waals surface area contributed by atoms with Crippen LogP contribution in [0.4, 0.5) is 0 Å². The van der Waals surface area contributed by atoms with Crippen molar-refractivity contribution in [2.45, 2.75) is 180 Å². The first kappa shape index (κ1) is 47.4. The molecule has 3 N–H and O–H groups in total. The molecule has 0 saturated heterocycles. The average Bonchev–Trinajstić information content (AvgIpc) is 3.09. The van der Waals surface area contributed by atoms with Gasteiger partial charge < -0.3 is 24.6 Å². The molecule has 0 radical (unpaired) electrons. The number of esters is 2. The van der Waals surface area contributed by atoms with Gasteiger partial charge in [0.2, 0.25) is 0 Å². The number of allylic oxidation sites excluding steroid dienone is 4. The van der Waals surface area contributed by atoms with Gasteiger partial charge in [0.05, 0.1) is 19.8 Å². The molecule has 0 heterocycles. The number of carbonyl (C=O) groups excluding carboxylic acids is 2. The van der Waals surface area contributed by atoms with Gasteiger partial charge in [-0.3, -0.25) is 18.6 Å². The largest absolute Gasteiger partial charge is 0.472 e. The highest BCUT2D eigenvalue weighted by Crippen LogP contribution is 2.43. The van der Waals surface area contributed by atoms with E-state index in [0.717, 1.165) is 57.8 Å². The number of hydrogen-bond acceptors (Lipinski definition) is 9. The van der Waals surface area contributed by atoms with Gasteiger partial charge in [0, 0.05) is 12.8 Å². The predicted octanol–water partition coefficient (Wildman–Crippen LogP) is 9.44. The number of rotatable bonds is 36. The third-order valence-corrected chi connectivity index (χ3v) is 9.06. The van der Waals surface area contributed by atoms with E-state index in [2.05, 4.69) is 42.7 Å². The molecule has 288 valence electrons. The van der Waals surface area contributed by atoms with Gasteiger partial charge in [0.15, 0.2) is 6.10 Å². The molecule has 0 aliphatic heterocycles. The molecule has 10 nitrogen and oxygen atoms in total. The smallest absolute Gasteiger partial charge is 0.462 e. The van der Waals surface area contributed by atoms with E-state index in [1.807, 2.05) is 0 Å². The maximum absolute atomic E-state index is 12.5. The summed E-state index contributed by atoms with van der Waals surface area (Å²) in [6.07, 6.45) is 31.5. The lowest BCUT2D eigenvalue weighted by atomic mass is 10.1. The van der Waals surface area contributed by atoms with E-state index >= 15 is 0 Å². The fourth-order valence-corrected chi connectivity index (χ4v) is 5.87. The van der Waals surface area contributed by atoms with Gasteiger partial charge in [0.25, 0.3) is 0 Å². The Labute approximate surface area is 298 Å².